The molecule has 1 aliphatic carbocycles. The van der Waals surface area contributed by atoms with Gasteiger partial charge in [-0.25, -0.2) is 0 Å². The molecule has 4 N–H and O–H groups in total. The first-order valence-corrected chi connectivity index (χ1v) is 6.71. The van der Waals surface area contributed by atoms with E-state index in [1.54, 1.807) is 6.20 Å². The second kappa shape index (κ2) is 4.40. The van der Waals surface area contributed by atoms with Crippen molar-refractivity contribution in [2.45, 2.75) is 25.0 Å². The van der Waals surface area contributed by atoms with E-state index in [1.165, 1.54) is 0 Å². The normalized spacial score (nSPS) is 22.8. The fraction of sp³-hybridized carbons (Fsp3) is 0.308. The average Bonchev–Trinajstić information content (AvgIpc) is 2.30. The molecule has 1 saturated carbocycles. The number of nitrogens with one attached hydrogen (secondary N) is 1. The van der Waals surface area contributed by atoms with Crippen LogP contribution in [0.5, 0.6) is 0 Å². The maximum absolute atomic E-state index is 9.33. The molecule has 1 aromatic carbocycles. The van der Waals surface area contributed by atoms with E-state index in [2.05, 4.69) is 26.2 Å². The molecule has 0 aliphatic heterocycles. The number of fused-ring (bicyclic) bond motifs is 1. The van der Waals surface area contributed by atoms with Gasteiger partial charge in [0, 0.05) is 15.9 Å². The van der Waals surface area contributed by atoms with Crippen LogP contribution in [0.15, 0.2) is 28.9 Å². The number of aliphatic hydroxyl groups excluding tert-OH is 1. The number of nitrogens with two attached hydrogens (primary N) is 1. The average molecular weight is 308 g/mol. The molecular weight excluding hydrogens is 294 g/mol. The summed E-state index contributed by atoms with van der Waals surface area (Å²) in [6.07, 6.45) is 3.05. The third-order valence-corrected chi connectivity index (χ3v) is 3.81. The van der Waals surface area contributed by atoms with Crippen LogP contribution >= 0.6 is 15.9 Å². The van der Waals surface area contributed by atoms with Crippen LogP contribution in [0.1, 0.15) is 12.8 Å². The lowest BCUT2D eigenvalue weighted by Crippen LogP contribution is -2.39. The summed E-state index contributed by atoms with van der Waals surface area (Å²) in [6, 6.07) is 6.23. The minimum atomic E-state index is -0.177. The van der Waals surface area contributed by atoms with Gasteiger partial charge in [-0.3, -0.25) is 4.98 Å². The third kappa shape index (κ3) is 2.04. The number of aliphatic hydroxyl groups is 1. The molecule has 3 rings (SSSR count). The Bertz CT molecular complexity index is 591. The molecule has 2 aromatic rings. The zero-order valence-electron chi connectivity index (χ0n) is 9.73. The van der Waals surface area contributed by atoms with E-state index in [4.69, 9.17) is 5.73 Å². The Kier molecular flexibility index (Phi) is 2.87. The van der Waals surface area contributed by atoms with Crippen molar-refractivity contribution in [3.8, 4) is 0 Å². The highest BCUT2D eigenvalue weighted by molar-refractivity contribution is 9.10. The number of nitrogens with zero attached hydrogens (tertiary/aromatic N) is 1. The number of benzene rings is 1. The van der Waals surface area contributed by atoms with Crippen LogP contribution in [0.2, 0.25) is 0 Å². The molecular formula is C13H14BrN3O. The maximum atomic E-state index is 9.33. The van der Waals surface area contributed by atoms with Crippen LogP contribution in [-0.4, -0.2) is 22.2 Å². The highest BCUT2D eigenvalue weighted by Crippen LogP contribution is 2.33. The first-order chi connectivity index (χ1) is 8.63. The van der Waals surface area contributed by atoms with Gasteiger partial charge in [0.1, 0.15) is 0 Å². The molecule has 0 unspecified atom stereocenters. The van der Waals surface area contributed by atoms with E-state index in [0.29, 0.717) is 11.7 Å². The smallest absolute Gasteiger partial charge is 0.0743 e. The predicted molar refractivity (Wildman–Crippen MR) is 76.5 cm³/mol. The molecule has 18 heavy (non-hydrogen) atoms. The summed E-state index contributed by atoms with van der Waals surface area (Å²) >= 11 is 3.46. The number of aromatic nitrogens is 1. The Morgan fingerprint density at radius 1 is 1.39 bits per heavy atom. The summed E-state index contributed by atoms with van der Waals surface area (Å²) in [7, 11) is 0. The largest absolute Gasteiger partial charge is 0.396 e. The van der Waals surface area contributed by atoms with Crippen LogP contribution in [0, 0.1) is 0 Å². The minimum absolute atomic E-state index is 0.177. The van der Waals surface area contributed by atoms with Gasteiger partial charge in [0.15, 0.2) is 0 Å². The lowest BCUT2D eigenvalue weighted by molar-refractivity contribution is 0.0837. The molecule has 0 bridgehead atoms. The van der Waals surface area contributed by atoms with Crippen molar-refractivity contribution in [1.82, 2.24) is 4.98 Å². The molecule has 4 nitrogen and oxygen atoms in total. The molecule has 0 atom stereocenters. The molecule has 1 heterocycles. The van der Waals surface area contributed by atoms with E-state index in [1.807, 2.05) is 18.2 Å². The fourth-order valence-corrected chi connectivity index (χ4v) is 2.61. The Labute approximate surface area is 113 Å². The van der Waals surface area contributed by atoms with Gasteiger partial charge in [0.05, 0.1) is 29.2 Å². The highest BCUT2D eigenvalue weighted by Gasteiger charge is 2.27. The zero-order chi connectivity index (χ0) is 12.7. The van der Waals surface area contributed by atoms with Crippen molar-refractivity contribution in [2.75, 3.05) is 11.1 Å². The molecule has 5 heteroatoms. The minimum Gasteiger partial charge on any atom is -0.396 e. The van der Waals surface area contributed by atoms with Crippen molar-refractivity contribution in [3.05, 3.63) is 28.9 Å². The molecule has 94 valence electrons. The lowest BCUT2D eigenvalue weighted by atomic mass is 9.89. The Hall–Kier alpha value is -1.33. The Balaban J connectivity index is 2.02. The Morgan fingerprint density at radius 2 is 2.17 bits per heavy atom. The number of hydrogen-bond donors (Lipinski definition) is 3. The second-order valence-corrected chi connectivity index (χ2v) is 5.63. The van der Waals surface area contributed by atoms with Gasteiger partial charge in [0.2, 0.25) is 0 Å². The zero-order valence-corrected chi connectivity index (χ0v) is 11.3. The first-order valence-electron chi connectivity index (χ1n) is 5.92. The van der Waals surface area contributed by atoms with E-state index in [9.17, 15) is 5.11 Å². The monoisotopic (exact) mass is 307 g/mol. The number of rotatable bonds is 2. The summed E-state index contributed by atoms with van der Waals surface area (Å²) in [6.45, 7) is 0. The van der Waals surface area contributed by atoms with Gasteiger partial charge < -0.3 is 16.2 Å². The molecule has 0 amide bonds. The highest BCUT2D eigenvalue weighted by atomic mass is 79.9. The van der Waals surface area contributed by atoms with Crippen molar-refractivity contribution < 1.29 is 5.11 Å². The summed E-state index contributed by atoms with van der Waals surface area (Å²) < 4.78 is 0.999. The van der Waals surface area contributed by atoms with Crippen molar-refractivity contribution in [1.29, 1.82) is 0 Å². The first kappa shape index (κ1) is 11.7. The number of anilines is 2. The number of hydrogen-bond acceptors (Lipinski definition) is 4. The number of nitrogen functional groups attached to an aromatic ring is 1. The van der Waals surface area contributed by atoms with Crippen LogP contribution in [0.25, 0.3) is 10.9 Å². The number of halogens is 1. The lowest BCUT2D eigenvalue weighted by Gasteiger charge is -2.33. The molecule has 1 aliphatic rings. The molecule has 0 spiro atoms. The van der Waals surface area contributed by atoms with Gasteiger partial charge in [-0.2, -0.15) is 0 Å². The van der Waals surface area contributed by atoms with Gasteiger partial charge in [0.25, 0.3) is 0 Å². The van der Waals surface area contributed by atoms with E-state index >= 15 is 0 Å². The topological polar surface area (TPSA) is 71.2 Å². The van der Waals surface area contributed by atoms with Crippen molar-refractivity contribution in [2.24, 2.45) is 0 Å². The summed E-state index contributed by atoms with van der Waals surface area (Å²) in [5.41, 5.74) is 8.46. The quantitative estimate of drug-likeness (QED) is 0.797. The van der Waals surface area contributed by atoms with E-state index < -0.39 is 0 Å². The predicted octanol–water partition coefficient (Wildman–Crippen LogP) is 2.51. The third-order valence-electron chi connectivity index (χ3n) is 3.32. The van der Waals surface area contributed by atoms with Crippen LogP contribution in [-0.2, 0) is 0 Å². The Morgan fingerprint density at radius 3 is 2.89 bits per heavy atom. The molecule has 1 aromatic heterocycles. The van der Waals surface area contributed by atoms with Crippen molar-refractivity contribution >= 4 is 38.2 Å². The standard InChI is InChI=1S/C13H14BrN3O/c14-7-1-2-12-10(3-7)13(11(15)6-16-12)17-8-4-9(18)5-8/h1-3,6,8-9,18H,4-5,15H2,(H,16,17). The maximum Gasteiger partial charge on any atom is 0.0743 e. The molecule has 0 radical (unpaired) electrons. The van der Waals surface area contributed by atoms with Gasteiger partial charge in [-0.05, 0) is 31.0 Å². The summed E-state index contributed by atoms with van der Waals surface area (Å²) in [4.78, 5) is 4.31. The molecule has 0 saturated heterocycles. The number of pyridine rings is 1. The van der Waals surface area contributed by atoms with Crippen LogP contribution < -0.4 is 11.1 Å². The SMILES string of the molecule is Nc1cnc2ccc(Br)cc2c1NC1CC(O)C1. The second-order valence-electron chi connectivity index (χ2n) is 4.72. The summed E-state index contributed by atoms with van der Waals surface area (Å²) in [5, 5.41) is 13.7. The van der Waals surface area contributed by atoms with Gasteiger partial charge in [-0.1, -0.05) is 15.9 Å². The van der Waals surface area contributed by atoms with Gasteiger partial charge in [-0.15, -0.1) is 0 Å². The van der Waals surface area contributed by atoms with E-state index in [0.717, 1.165) is 33.9 Å². The fourth-order valence-electron chi connectivity index (χ4n) is 2.25. The van der Waals surface area contributed by atoms with Crippen LogP contribution in [0.4, 0.5) is 11.4 Å². The van der Waals surface area contributed by atoms with Crippen LogP contribution in [0.3, 0.4) is 0 Å². The summed E-state index contributed by atoms with van der Waals surface area (Å²) in [5.74, 6) is 0. The van der Waals surface area contributed by atoms with E-state index in [-0.39, 0.29) is 6.10 Å². The van der Waals surface area contributed by atoms with Gasteiger partial charge >= 0.3 is 0 Å². The van der Waals surface area contributed by atoms with Crippen molar-refractivity contribution in [3.63, 3.8) is 0 Å². The molecule has 1 fully saturated rings.